The van der Waals surface area contributed by atoms with Gasteiger partial charge in [0.25, 0.3) is 0 Å². The maximum absolute atomic E-state index is 5.38. The first kappa shape index (κ1) is 13.2. The number of hydrogen-bond acceptors (Lipinski definition) is 3. The molecule has 17 heavy (non-hydrogen) atoms. The standard InChI is InChI=1S/C13H17BrO2S/c1-15-13-3-2-11(14)8-10(13)9-17-12-4-6-16-7-5-12/h2-3,8,12H,4-7,9H2,1H3. The number of halogens is 1. The van der Waals surface area contributed by atoms with Gasteiger partial charge in [-0.25, -0.2) is 0 Å². The van der Waals surface area contributed by atoms with Crippen molar-refractivity contribution in [1.82, 2.24) is 0 Å². The highest BCUT2D eigenvalue weighted by Gasteiger charge is 2.15. The molecule has 1 saturated heterocycles. The molecule has 1 aliphatic rings. The zero-order valence-electron chi connectivity index (χ0n) is 9.95. The maximum atomic E-state index is 5.38. The molecule has 0 atom stereocenters. The number of rotatable bonds is 4. The Balaban J connectivity index is 1.95. The highest BCUT2D eigenvalue weighted by Crippen LogP contribution is 2.31. The van der Waals surface area contributed by atoms with Gasteiger partial charge in [0.15, 0.2) is 0 Å². The fourth-order valence-corrected chi connectivity index (χ4v) is 3.49. The highest BCUT2D eigenvalue weighted by molar-refractivity contribution is 9.10. The summed E-state index contributed by atoms with van der Waals surface area (Å²) < 4.78 is 11.9. The first-order valence-corrected chi connectivity index (χ1v) is 7.65. The van der Waals surface area contributed by atoms with Crippen LogP contribution < -0.4 is 4.74 Å². The summed E-state index contributed by atoms with van der Waals surface area (Å²) in [4.78, 5) is 0. The Kier molecular flexibility index (Phi) is 5.19. The van der Waals surface area contributed by atoms with Gasteiger partial charge in [-0.05, 0) is 31.0 Å². The van der Waals surface area contributed by atoms with Crippen LogP contribution in [0.3, 0.4) is 0 Å². The number of benzene rings is 1. The van der Waals surface area contributed by atoms with Crippen molar-refractivity contribution in [3.63, 3.8) is 0 Å². The summed E-state index contributed by atoms with van der Waals surface area (Å²) in [5.74, 6) is 1.99. The van der Waals surface area contributed by atoms with Gasteiger partial charge in [-0.3, -0.25) is 0 Å². The molecular formula is C13H17BrO2S. The monoisotopic (exact) mass is 316 g/mol. The molecule has 94 valence electrons. The Labute approximate surface area is 115 Å². The van der Waals surface area contributed by atoms with Crippen LogP contribution in [-0.2, 0) is 10.5 Å². The summed E-state index contributed by atoms with van der Waals surface area (Å²) in [5.41, 5.74) is 1.26. The predicted octanol–water partition coefficient (Wildman–Crippen LogP) is 3.87. The summed E-state index contributed by atoms with van der Waals surface area (Å²) in [6.07, 6.45) is 2.34. The predicted molar refractivity (Wildman–Crippen MR) is 75.8 cm³/mol. The van der Waals surface area contributed by atoms with Crippen LogP contribution in [0.5, 0.6) is 5.75 Å². The van der Waals surface area contributed by atoms with E-state index in [9.17, 15) is 0 Å². The minimum absolute atomic E-state index is 0.729. The lowest BCUT2D eigenvalue weighted by molar-refractivity contribution is 0.1000. The molecule has 0 radical (unpaired) electrons. The molecule has 0 saturated carbocycles. The van der Waals surface area contributed by atoms with E-state index in [1.807, 2.05) is 23.9 Å². The minimum atomic E-state index is 0.729. The Bertz CT molecular complexity index is 364. The Morgan fingerprint density at radius 1 is 1.41 bits per heavy atom. The second kappa shape index (κ2) is 6.66. The average molecular weight is 317 g/mol. The molecule has 1 heterocycles. The van der Waals surface area contributed by atoms with E-state index < -0.39 is 0 Å². The smallest absolute Gasteiger partial charge is 0.122 e. The van der Waals surface area contributed by atoms with E-state index in [4.69, 9.17) is 9.47 Å². The molecule has 2 nitrogen and oxygen atoms in total. The maximum Gasteiger partial charge on any atom is 0.122 e. The van der Waals surface area contributed by atoms with Crippen molar-refractivity contribution in [3.8, 4) is 5.75 Å². The van der Waals surface area contributed by atoms with Crippen molar-refractivity contribution < 1.29 is 9.47 Å². The van der Waals surface area contributed by atoms with Gasteiger partial charge in [0.2, 0.25) is 0 Å². The van der Waals surface area contributed by atoms with Crippen LogP contribution in [0.15, 0.2) is 22.7 Å². The molecule has 1 aliphatic heterocycles. The minimum Gasteiger partial charge on any atom is -0.496 e. The van der Waals surface area contributed by atoms with E-state index >= 15 is 0 Å². The van der Waals surface area contributed by atoms with Gasteiger partial charge >= 0.3 is 0 Å². The molecule has 1 fully saturated rings. The second-order valence-corrected chi connectivity index (χ2v) is 6.28. The van der Waals surface area contributed by atoms with Crippen molar-refractivity contribution >= 4 is 27.7 Å². The molecule has 0 N–H and O–H groups in total. The summed E-state index contributed by atoms with van der Waals surface area (Å²) in [6.45, 7) is 1.82. The molecule has 4 heteroatoms. The zero-order valence-corrected chi connectivity index (χ0v) is 12.4. The molecule has 2 rings (SSSR count). The molecule has 0 spiro atoms. The lowest BCUT2D eigenvalue weighted by atomic mass is 10.2. The third kappa shape index (κ3) is 3.90. The Hall–Kier alpha value is -0.190. The summed E-state index contributed by atoms with van der Waals surface area (Å²) >= 11 is 5.51. The van der Waals surface area contributed by atoms with Crippen molar-refractivity contribution in [1.29, 1.82) is 0 Å². The quantitative estimate of drug-likeness (QED) is 0.840. The van der Waals surface area contributed by atoms with Crippen LogP contribution in [0.4, 0.5) is 0 Å². The van der Waals surface area contributed by atoms with Gasteiger partial charge in [-0.2, -0.15) is 11.8 Å². The van der Waals surface area contributed by atoms with Crippen LogP contribution in [-0.4, -0.2) is 25.6 Å². The topological polar surface area (TPSA) is 18.5 Å². The molecule has 0 aromatic heterocycles. The molecule has 1 aromatic carbocycles. The molecule has 0 bridgehead atoms. The van der Waals surface area contributed by atoms with Crippen LogP contribution in [0.25, 0.3) is 0 Å². The third-order valence-electron chi connectivity index (χ3n) is 2.89. The van der Waals surface area contributed by atoms with Crippen LogP contribution >= 0.6 is 27.7 Å². The number of thioether (sulfide) groups is 1. The van der Waals surface area contributed by atoms with Gasteiger partial charge in [-0.1, -0.05) is 15.9 Å². The van der Waals surface area contributed by atoms with E-state index in [1.54, 1.807) is 7.11 Å². The van der Waals surface area contributed by atoms with Crippen molar-refractivity contribution in [2.45, 2.75) is 23.8 Å². The molecular weight excluding hydrogens is 300 g/mol. The Morgan fingerprint density at radius 2 is 2.18 bits per heavy atom. The summed E-state index contributed by atoms with van der Waals surface area (Å²) in [5, 5.41) is 0.729. The van der Waals surface area contributed by atoms with Gasteiger partial charge in [0.05, 0.1) is 7.11 Å². The van der Waals surface area contributed by atoms with Crippen molar-refractivity contribution in [2.24, 2.45) is 0 Å². The fourth-order valence-electron chi connectivity index (χ4n) is 1.91. The van der Waals surface area contributed by atoms with Crippen molar-refractivity contribution in [3.05, 3.63) is 28.2 Å². The molecule has 1 aromatic rings. The lowest BCUT2D eigenvalue weighted by Crippen LogP contribution is -2.17. The van der Waals surface area contributed by atoms with E-state index in [-0.39, 0.29) is 0 Å². The van der Waals surface area contributed by atoms with Crippen molar-refractivity contribution in [2.75, 3.05) is 20.3 Å². The Morgan fingerprint density at radius 3 is 2.88 bits per heavy atom. The van der Waals surface area contributed by atoms with E-state index in [0.717, 1.165) is 34.4 Å². The van der Waals surface area contributed by atoms with Crippen LogP contribution in [0.2, 0.25) is 0 Å². The average Bonchev–Trinajstić information content (AvgIpc) is 2.38. The SMILES string of the molecule is COc1ccc(Br)cc1CSC1CCOCC1. The third-order valence-corrected chi connectivity index (χ3v) is 4.80. The largest absolute Gasteiger partial charge is 0.496 e. The number of ether oxygens (including phenoxy) is 2. The van der Waals surface area contributed by atoms with E-state index in [0.29, 0.717) is 0 Å². The molecule has 0 unspecified atom stereocenters. The second-order valence-electron chi connectivity index (χ2n) is 4.08. The number of hydrogen-bond donors (Lipinski definition) is 0. The van der Waals surface area contributed by atoms with Gasteiger partial charge in [0.1, 0.15) is 5.75 Å². The number of methoxy groups -OCH3 is 1. The van der Waals surface area contributed by atoms with Gasteiger partial charge < -0.3 is 9.47 Å². The highest BCUT2D eigenvalue weighted by atomic mass is 79.9. The van der Waals surface area contributed by atoms with Gasteiger partial charge in [0, 0.05) is 34.3 Å². The summed E-state index contributed by atoms with van der Waals surface area (Å²) in [7, 11) is 1.73. The first-order valence-electron chi connectivity index (χ1n) is 5.81. The van der Waals surface area contributed by atoms with Crippen LogP contribution in [0.1, 0.15) is 18.4 Å². The van der Waals surface area contributed by atoms with E-state index in [2.05, 4.69) is 22.0 Å². The van der Waals surface area contributed by atoms with E-state index in [1.165, 1.54) is 18.4 Å². The lowest BCUT2D eigenvalue weighted by Gasteiger charge is -2.21. The zero-order chi connectivity index (χ0) is 12.1. The fraction of sp³-hybridized carbons (Fsp3) is 0.538. The van der Waals surface area contributed by atoms with Crippen LogP contribution in [0, 0.1) is 0 Å². The van der Waals surface area contributed by atoms with Gasteiger partial charge in [-0.15, -0.1) is 0 Å². The summed E-state index contributed by atoms with van der Waals surface area (Å²) in [6, 6.07) is 6.18. The molecule has 0 amide bonds. The first-order chi connectivity index (χ1) is 8.29. The normalized spacial score (nSPS) is 17.1. The molecule has 0 aliphatic carbocycles.